The van der Waals surface area contributed by atoms with Crippen LogP contribution in [0.3, 0.4) is 0 Å². The molecule has 8 heteroatoms. The lowest BCUT2D eigenvalue weighted by Crippen LogP contribution is -2.04. The quantitative estimate of drug-likeness (QED) is 0.473. The summed E-state index contributed by atoms with van der Waals surface area (Å²) in [6.07, 6.45) is 0. The van der Waals surface area contributed by atoms with Crippen LogP contribution < -0.4 is 9.47 Å². The molecule has 26 heavy (non-hydrogen) atoms. The summed E-state index contributed by atoms with van der Waals surface area (Å²) in [5.74, 6) is 1.47. The minimum Gasteiger partial charge on any atom is -0.491 e. The van der Waals surface area contributed by atoms with Gasteiger partial charge in [-0.3, -0.25) is 0 Å². The third-order valence-electron chi connectivity index (χ3n) is 2.96. The minimum atomic E-state index is -3.65. The third-order valence-corrected chi connectivity index (χ3v) is 4.33. The number of para-hydroxylation sites is 1. The molecule has 0 fully saturated rings. The molecule has 0 amide bonds. The number of benzene rings is 2. The van der Waals surface area contributed by atoms with Crippen molar-refractivity contribution < 1.29 is 27.4 Å². The zero-order valence-electron chi connectivity index (χ0n) is 14.8. The van der Waals surface area contributed by atoms with Gasteiger partial charge in [-0.25, -0.2) is 8.42 Å². The van der Waals surface area contributed by atoms with Crippen molar-refractivity contribution in [1.29, 1.82) is 0 Å². The summed E-state index contributed by atoms with van der Waals surface area (Å²) in [5.41, 5.74) is 0. The summed E-state index contributed by atoms with van der Waals surface area (Å²) in [5, 5.41) is 0. The molecule has 0 bridgehead atoms. The number of methoxy groups -OCH3 is 2. The third kappa shape index (κ3) is 9.62. The van der Waals surface area contributed by atoms with Crippen LogP contribution in [-0.4, -0.2) is 49.1 Å². The molecule has 0 aliphatic carbocycles. The van der Waals surface area contributed by atoms with E-state index in [2.05, 4.69) is 0 Å². The van der Waals surface area contributed by atoms with E-state index in [0.29, 0.717) is 32.2 Å². The monoisotopic (exact) mass is 402 g/mol. The predicted octanol–water partition coefficient (Wildman–Crippen LogP) is 3.35. The molecular weight excluding hydrogens is 380 g/mol. The van der Waals surface area contributed by atoms with Crippen molar-refractivity contribution >= 4 is 19.7 Å². The van der Waals surface area contributed by atoms with Crippen LogP contribution >= 0.6 is 10.7 Å². The maximum absolute atomic E-state index is 10.9. The van der Waals surface area contributed by atoms with Crippen LogP contribution in [-0.2, 0) is 18.5 Å². The first kappa shape index (κ1) is 22.2. The summed E-state index contributed by atoms with van der Waals surface area (Å²) in [4.78, 5) is 0.0586. The lowest BCUT2D eigenvalue weighted by molar-refractivity contribution is 0.146. The maximum atomic E-state index is 10.9. The summed E-state index contributed by atoms with van der Waals surface area (Å²) < 4.78 is 42.0. The fraction of sp³-hybridized carbons (Fsp3) is 0.333. The van der Waals surface area contributed by atoms with E-state index < -0.39 is 9.05 Å². The Bertz CT molecular complexity index is 704. The molecule has 6 nitrogen and oxygen atoms in total. The molecule has 0 saturated heterocycles. The van der Waals surface area contributed by atoms with Crippen LogP contribution in [0.2, 0.25) is 0 Å². The molecule has 0 saturated carbocycles. The highest BCUT2D eigenvalue weighted by Gasteiger charge is 2.08. The second-order valence-electron chi connectivity index (χ2n) is 4.90. The summed E-state index contributed by atoms with van der Waals surface area (Å²) >= 11 is 0. The molecule has 0 aromatic heterocycles. The maximum Gasteiger partial charge on any atom is 0.261 e. The Morgan fingerprint density at radius 1 is 0.731 bits per heavy atom. The Hall–Kier alpha value is -1.80. The molecule has 2 rings (SSSR count). The van der Waals surface area contributed by atoms with E-state index in [1.807, 2.05) is 30.3 Å². The van der Waals surface area contributed by atoms with Gasteiger partial charge in [0, 0.05) is 24.9 Å². The molecule has 2 aromatic rings. The molecule has 0 unspecified atom stereocenters. The lowest BCUT2D eigenvalue weighted by Gasteiger charge is -2.05. The van der Waals surface area contributed by atoms with Crippen LogP contribution in [0.25, 0.3) is 0 Å². The molecule has 0 aliphatic heterocycles. The van der Waals surface area contributed by atoms with Crippen molar-refractivity contribution in [2.24, 2.45) is 0 Å². The Labute approximate surface area is 159 Å². The van der Waals surface area contributed by atoms with Crippen molar-refractivity contribution in [1.82, 2.24) is 0 Å². The van der Waals surface area contributed by atoms with E-state index >= 15 is 0 Å². The molecule has 144 valence electrons. The molecule has 0 atom stereocenters. The van der Waals surface area contributed by atoms with Gasteiger partial charge in [0.1, 0.15) is 24.7 Å². The number of halogens is 1. The van der Waals surface area contributed by atoms with Crippen molar-refractivity contribution in [3.63, 3.8) is 0 Å². The number of ether oxygens (including phenoxy) is 4. The van der Waals surface area contributed by atoms with Crippen LogP contribution in [0.4, 0.5) is 0 Å². The molecular formula is C18H23ClO6S. The van der Waals surface area contributed by atoms with Gasteiger partial charge in [-0.1, -0.05) is 18.2 Å². The summed E-state index contributed by atoms with van der Waals surface area (Å²) in [7, 11) is 4.73. The fourth-order valence-corrected chi connectivity index (χ4v) is 2.47. The number of hydrogen-bond donors (Lipinski definition) is 0. The van der Waals surface area contributed by atoms with Gasteiger partial charge in [0.2, 0.25) is 0 Å². The smallest absolute Gasteiger partial charge is 0.261 e. The zero-order chi connectivity index (χ0) is 19.3. The summed E-state index contributed by atoms with van der Waals surface area (Å²) in [6.45, 7) is 2.15. The van der Waals surface area contributed by atoms with Gasteiger partial charge in [0.15, 0.2) is 0 Å². The predicted molar refractivity (Wildman–Crippen MR) is 101 cm³/mol. The first-order chi connectivity index (χ1) is 12.5. The Kier molecular flexibility index (Phi) is 10.7. The molecule has 0 radical (unpaired) electrons. The fourth-order valence-electron chi connectivity index (χ4n) is 1.70. The highest BCUT2D eigenvalue weighted by atomic mass is 35.7. The Balaban J connectivity index is 0.000000273. The van der Waals surface area contributed by atoms with Gasteiger partial charge in [-0.2, -0.15) is 0 Å². The molecule has 0 spiro atoms. The van der Waals surface area contributed by atoms with E-state index in [-0.39, 0.29) is 4.90 Å². The molecule has 2 aromatic carbocycles. The SMILES string of the molecule is COCCOc1ccc(S(=O)(=O)Cl)cc1.COCCOc1ccccc1. The van der Waals surface area contributed by atoms with Crippen molar-refractivity contribution in [2.45, 2.75) is 4.90 Å². The average Bonchev–Trinajstić information content (AvgIpc) is 2.63. The zero-order valence-corrected chi connectivity index (χ0v) is 16.3. The Morgan fingerprint density at radius 2 is 1.19 bits per heavy atom. The largest absolute Gasteiger partial charge is 0.491 e. The van der Waals surface area contributed by atoms with Gasteiger partial charge in [0.25, 0.3) is 9.05 Å². The Morgan fingerprint density at radius 3 is 1.62 bits per heavy atom. The van der Waals surface area contributed by atoms with Gasteiger partial charge in [0.05, 0.1) is 18.1 Å². The van der Waals surface area contributed by atoms with Crippen molar-refractivity contribution in [3.05, 3.63) is 54.6 Å². The molecule has 0 aliphatic rings. The van der Waals surface area contributed by atoms with Crippen LogP contribution in [0.15, 0.2) is 59.5 Å². The van der Waals surface area contributed by atoms with E-state index in [4.69, 9.17) is 29.6 Å². The average molecular weight is 403 g/mol. The van der Waals surface area contributed by atoms with Gasteiger partial charge in [-0.05, 0) is 36.4 Å². The second-order valence-corrected chi connectivity index (χ2v) is 7.47. The highest BCUT2D eigenvalue weighted by molar-refractivity contribution is 8.13. The van der Waals surface area contributed by atoms with E-state index in [0.717, 1.165) is 5.75 Å². The van der Waals surface area contributed by atoms with E-state index in [1.54, 1.807) is 26.4 Å². The minimum absolute atomic E-state index is 0.0586. The first-order valence-electron chi connectivity index (χ1n) is 7.80. The normalized spacial score (nSPS) is 10.6. The second kappa shape index (κ2) is 12.5. The van der Waals surface area contributed by atoms with Crippen molar-refractivity contribution in [3.8, 4) is 11.5 Å². The topological polar surface area (TPSA) is 71.1 Å². The van der Waals surface area contributed by atoms with Gasteiger partial charge < -0.3 is 18.9 Å². The number of hydrogen-bond acceptors (Lipinski definition) is 6. The molecule has 0 heterocycles. The van der Waals surface area contributed by atoms with E-state index in [9.17, 15) is 8.42 Å². The van der Waals surface area contributed by atoms with Crippen LogP contribution in [0.1, 0.15) is 0 Å². The number of rotatable bonds is 9. The molecule has 0 N–H and O–H groups in total. The standard InChI is InChI=1S/C9H11ClO4S.C9H12O2/c1-13-6-7-14-8-2-4-9(5-3-8)15(10,11)12;1-10-7-8-11-9-5-3-2-4-6-9/h2-5H,6-7H2,1H3;2-6H,7-8H2,1H3. The van der Waals surface area contributed by atoms with E-state index in [1.165, 1.54) is 12.1 Å². The van der Waals surface area contributed by atoms with Gasteiger partial charge >= 0.3 is 0 Å². The first-order valence-corrected chi connectivity index (χ1v) is 10.1. The highest BCUT2D eigenvalue weighted by Crippen LogP contribution is 2.18. The lowest BCUT2D eigenvalue weighted by atomic mass is 10.3. The van der Waals surface area contributed by atoms with Crippen molar-refractivity contribution in [2.75, 3.05) is 40.6 Å². The van der Waals surface area contributed by atoms with Crippen LogP contribution in [0.5, 0.6) is 11.5 Å². The van der Waals surface area contributed by atoms with Gasteiger partial charge in [-0.15, -0.1) is 0 Å². The van der Waals surface area contributed by atoms with Crippen LogP contribution in [0, 0.1) is 0 Å². The summed E-state index contributed by atoms with van der Waals surface area (Å²) in [6, 6.07) is 15.6.